The maximum atomic E-state index is 13.1. The highest BCUT2D eigenvalue weighted by atomic mass is 32.2. The number of alkyl halides is 3. The van der Waals surface area contributed by atoms with Gasteiger partial charge in [0.1, 0.15) is 15.4 Å². The van der Waals surface area contributed by atoms with Crippen LogP contribution in [0.4, 0.5) is 13.2 Å². The van der Waals surface area contributed by atoms with E-state index in [0.717, 1.165) is 18.4 Å². The molecular formula is C22H17F3N4O3S. The van der Waals surface area contributed by atoms with Crippen LogP contribution in [-0.4, -0.2) is 39.9 Å². The Morgan fingerprint density at radius 2 is 1.79 bits per heavy atom. The number of nitrogens with zero attached hydrogens (tertiary/aromatic N) is 4. The van der Waals surface area contributed by atoms with Crippen LogP contribution in [0.25, 0.3) is 33.4 Å². The third-order valence-corrected chi connectivity index (χ3v) is 5.88. The van der Waals surface area contributed by atoms with E-state index in [9.17, 15) is 26.4 Å². The third-order valence-electron chi connectivity index (χ3n) is 4.96. The minimum absolute atomic E-state index is 0.0826. The summed E-state index contributed by atoms with van der Waals surface area (Å²) in [5, 5.41) is 0.162. The van der Waals surface area contributed by atoms with Crippen LogP contribution < -0.4 is 5.56 Å². The van der Waals surface area contributed by atoms with Crippen molar-refractivity contribution >= 4 is 20.7 Å². The minimum atomic E-state index is -4.48. The molecule has 0 spiro atoms. The van der Waals surface area contributed by atoms with Gasteiger partial charge in [0, 0.05) is 36.3 Å². The molecule has 11 heteroatoms. The summed E-state index contributed by atoms with van der Waals surface area (Å²) in [6.07, 6.45) is 0.953. The van der Waals surface area contributed by atoms with Crippen LogP contribution in [0.3, 0.4) is 0 Å². The molecule has 0 saturated heterocycles. The summed E-state index contributed by atoms with van der Waals surface area (Å²) in [5.74, 6) is -0.244. The number of pyridine rings is 2. The van der Waals surface area contributed by atoms with Crippen molar-refractivity contribution in [2.75, 3.05) is 12.0 Å². The molecule has 170 valence electrons. The van der Waals surface area contributed by atoms with Crippen LogP contribution in [0.15, 0.2) is 66.0 Å². The van der Waals surface area contributed by atoms with E-state index < -0.39 is 27.1 Å². The fourth-order valence-electron chi connectivity index (χ4n) is 3.27. The first kappa shape index (κ1) is 22.6. The Morgan fingerprint density at radius 1 is 1.06 bits per heavy atom. The van der Waals surface area contributed by atoms with E-state index in [2.05, 4.69) is 15.0 Å². The molecule has 4 rings (SSSR count). The van der Waals surface area contributed by atoms with Crippen LogP contribution in [0, 0.1) is 0 Å². The number of halogens is 3. The van der Waals surface area contributed by atoms with E-state index in [1.54, 1.807) is 18.3 Å². The Labute approximate surface area is 186 Å². The van der Waals surface area contributed by atoms with Gasteiger partial charge in [-0.05, 0) is 30.3 Å². The Balaban J connectivity index is 1.92. The molecule has 7 nitrogen and oxygen atoms in total. The second-order valence-corrected chi connectivity index (χ2v) is 9.70. The Kier molecular flexibility index (Phi) is 5.75. The number of rotatable bonds is 5. The van der Waals surface area contributed by atoms with Crippen LogP contribution in [0.2, 0.25) is 0 Å². The lowest BCUT2D eigenvalue weighted by Gasteiger charge is -2.12. The van der Waals surface area contributed by atoms with Crippen molar-refractivity contribution in [3.8, 4) is 22.5 Å². The standard InChI is InChI=1S/C22H17F3N4O3S/c1-33(31,32)10-9-29-13-27-20-17(21(29)30)11-18(28-19(20)15-3-2-8-26-12-15)14-4-6-16(7-5-14)22(23,24)25/h2-8,11-13H,9-10H2,1H3. The van der Waals surface area contributed by atoms with Crippen LogP contribution in [0.5, 0.6) is 0 Å². The van der Waals surface area contributed by atoms with Crippen LogP contribution >= 0.6 is 0 Å². The van der Waals surface area contributed by atoms with Gasteiger partial charge in [-0.15, -0.1) is 0 Å². The van der Waals surface area contributed by atoms with E-state index in [1.807, 2.05) is 0 Å². The topological polar surface area (TPSA) is 94.8 Å². The predicted molar refractivity (Wildman–Crippen MR) is 117 cm³/mol. The summed E-state index contributed by atoms with van der Waals surface area (Å²) in [7, 11) is -3.31. The maximum absolute atomic E-state index is 13.1. The number of fused-ring (bicyclic) bond motifs is 1. The lowest BCUT2D eigenvalue weighted by atomic mass is 10.0. The first-order chi connectivity index (χ1) is 15.5. The van der Waals surface area contributed by atoms with E-state index in [-0.39, 0.29) is 28.9 Å². The quantitative estimate of drug-likeness (QED) is 0.439. The summed E-state index contributed by atoms with van der Waals surface area (Å²) in [4.78, 5) is 26.1. The molecule has 0 atom stereocenters. The van der Waals surface area contributed by atoms with Gasteiger partial charge in [-0.25, -0.2) is 18.4 Å². The summed E-state index contributed by atoms with van der Waals surface area (Å²) in [6.45, 7) is -0.0826. The molecule has 1 aromatic carbocycles. The van der Waals surface area contributed by atoms with Gasteiger partial charge in [-0.2, -0.15) is 13.2 Å². The zero-order valence-corrected chi connectivity index (χ0v) is 18.1. The molecule has 0 bridgehead atoms. The van der Waals surface area contributed by atoms with Gasteiger partial charge in [-0.1, -0.05) is 12.1 Å². The van der Waals surface area contributed by atoms with Crippen molar-refractivity contribution < 1.29 is 21.6 Å². The van der Waals surface area contributed by atoms with Gasteiger partial charge in [0.2, 0.25) is 0 Å². The van der Waals surface area contributed by atoms with Gasteiger partial charge in [0.25, 0.3) is 5.56 Å². The molecular weight excluding hydrogens is 457 g/mol. The molecule has 0 N–H and O–H groups in total. The Bertz CT molecular complexity index is 1480. The lowest BCUT2D eigenvalue weighted by molar-refractivity contribution is -0.137. The largest absolute Gasteiger partial charge is 0.416 e. The number of aryl methyl sites for hydroxylation is 1. The van der Waals surface area contributed by atoms with Crippen molar-refractivity contribution in [3.63, 3.8) is 0 Å². The summed E-state index contributed by atoms with van der Waals surface area (Å²) < 4.78 is 63.1. The highest BCUT2D eigenvalue weighted by Gasteiger charge is 2.30. The molecule has 0 saturated carbocycles. The smallest absolute Gasteiger partial charge is 0.298 e. The van der Waals surface area contributed by atoms with Crippen molar-refractivity contribution in [2.45, 2.75) is 12.7 Å². The third kappa shape index (κ3) is 4.92. The Hall–Kier alpha value is -3.60. The number of aromatic nitrogens is 4. The van der Waals surface area contributed by atoms with Crippen LogP contribution in [0.1, 0.15) is 5.56 Å². The SMILES string of the molecule is CS(=O)(=O)CCn1cnc2c(-c3cccnc3)nc(-c3ccc(C(F)(F)F)cc3)cc2c1=O. The molecule has 4 aromatic rings. The van der Waals surface area contributed by atoms with Crippen molar-refractivity contribution in [2.24, 2.45) is 0 Å². The summed E-state index contributed by atoms with van der Waals surface area (Å²) >= 11 is 0. The molecule has 0 aliphatic heterocycles. The maximum Gasteiger partial charge on any atom is 0.416 e. The number of hydrogen-bond donors (Lipinski definition) is 0. The van der Waals surface area contributed by atoms with Crippen molar-refractivity contribution in [3.05, 3.63) is 77.1 Å². The van der Waals surface area contributed by atoms with Gasteiger partial charge in [0.05, 0.1) is 34.4 Å². The van der Waals surface area contributed by atoms with Crippen LogP contribution in [-0.2, 0) is 22.6 Å². The van der Waals surface area contributed by atoms with Crippen molar-refractivity contribution in [1.29, 1.82) is 0 Å². The average Bonchev–Trinajstić information content (AvgIpc) is 2.77. The van der Waals surface area contributed by atoms with Gasteiger partial charge in [0.15, 0.2) is 0 Å². The highest BCUT2D eigenvalue weighted by Crippen LogP contribution is 2.32. The zero-order valence-electron chi connectivity index (χ0n) is 17.2. The minimum Gasteiger partial charge on any atom is -0.298 e. The number of sulfone groups is 1. The second-order valence-electron chi connectivity index (χ2n) is 7.44. The van der Waals surface area contributed by atoms with Gasteiger partial charge < -0.3 is 0 Å². The zero-order chi connectivity index (χ0) is 23.8. The Morgan fingerprint density at radius 3 is 2.39 bits per heavy atom. The predicted octanol–water partition coefficient (Wildman–Crippen LogP) is 3.58. The normalized spacial score (nSPS) is 12.2. The molecule has 0 amide bonds. The fourth-order valence-corrected chi connectivity index (χ4v) is 3.80. The molecule has 3 aromatic heterocycles. The average molecular weight is 474 g/mol. The molecule has 0 aliphatic rings. The van der Waals surface area contributed by atoms with E-state index >= 15 is 0 Å². The first-order valence-electron chi connectivity index (χ1n) is 9.69. The molecule has 0 aliphatic carbocycles. The number of hydrogen-bond acceptors (Lipinski definition) is 6. The van der Waals surface area contributed by atoms with Crippen molar-refractivity contribution in [1.82, 2.24) is 19.5 Å². The lowest BCUT2D eigenvalue weighted by Crippen LogP contribution is -2.24. The van der Waals surface area contributed by atoms with Gasteiger partial charge >= 0.3 is 6.18 Å². The van der Waals surface area contributed by atoms with Gasteiger partial charge in [-0.3, -0.25) is 14.3 Å². The molecule has 33 heavy (non-hydrogen) atoms. The van der Waals surface area contributed by atoms with E-state index in [4.69, 9.17) is 0 Å². The second kappa shape index (κ2) is 8.39. The molecule has 3 heterocycles. The fraction of sp³-hybridized carbons (Fsp3) is 0.182. The summed E-state index contributed by atoms with van der Waals surface area (Å²) in [5.41, 5.74) is 0.545. The van der Waals surface area contributed by atoms with E-state index in [1.165, 1.54) is 35.3 Å². The molecule has 0 fully saturated rings. The van der Waals surface area contributed by atoms with E-state index in [0.29, 0.717) is 16.8 Å². The summed E-state index contributed by atoms with van der Waals surface area (Å²) in [6, 6.07) is 9.30. The highest BCUT2D eigenvalue weighted by molar-refractivity contribution is 7.90. The monoisotopic (exact) mass is 474 g/mol. The first-order valence-corrected chi connectivity index (χ1v) is 11.7. The molecule has 0 radical (unpaired) electrons. The molecule has 0 unspecified atom stereocenters. The number of benzene rings is 1.